The molecule has 1 rings (SSSR count). The number of nitrogens with one attached hydrogen (secondary N) is 1. The Kier molecular flexibility index (Phi) is 7.94. The van der Waals surface area contributed by atoms with Gasteiger partial charge in [0.05, 0.1) is 4.90 Å². The van der Waals surface area contributed by atoms with E-state index in [1.54, 1.807) is 32.1 Å². The third kappa shape index (κ3) is 5.78. The normalized spacial score (nSPS) is 12.0. The van der Waals surface area contributed by atoms with Crippen molar-refractivity contribution in [3.8, 4) is 0 Å². The van der Waals surface area contributed by atoms with Crippen LogP contribution in [0.5, 0.6) is 0 Å². The molecule has 0 atom stereocenters. The molecule has 7 heteroatoms. The zero-order chi connectivity index (χ0) is 17.3. The van der Waals surface area contributed by atoms with Crippen LogP contribution in [0.2, 0.25) is 0 Å². The lowest BCUT2D eigenvalue weighted by Gasteiger charge is -2.18. The molecule has 1 aromatic rings. The van der Waals surface area contributed by atoms with Gasteiger partial charge in [-0.05, 0) is 30.2 Å². The van der Waals surface area contributed by atoms with Crippen LogP contribution in [0.25, 0.3) is 6.08 Å². The molecule has 0 fully saturated rings. The highest BCUT2D eigenvalue weighted by Crippen LogP contribution is 2.16. The van der Waals surface area contributed by atoms with Crippen LogP contribution < -0.4 is 5.32 Å². The van der Waals surface area contributed by atoms with Crippen LogP contribution in [0.3, 0.4) is 0 Å². The number of carbonyl (C=O) groups excluding carboxylic acids is 1. The zero-order valence-corrected chi connectivity index (χ0v) is 14.3. The van der Waals surface area contributed by atoms with E-state index in [-0.39, 0.29) is 17.4 Å². The molecule has 1 aromatic carbocycles. The molecule has 0 aromatic heterocycles. The number of benzene rings is 1. The lowest BCUT2D eigenvalue weighted by atomic mass is 10.2. The Labute approximate surface area is 137 Å². The predicted octanol–water partition coefficient (Wildman–Crippen LogP) is 1.23. The standard InChI is InChI=1S/C16H24N2O4S/c1-3-18(4-2)23(21,22)15-9-6-14(7-10-15)8-11-16(20)17-12-5-13-19/h6-11,19H,3-5,12-13H2,1-2H3,(H,17,20)/b11-8+. The van der Waals surface area contributed by atoms with Crippen molar-refractivity contribution in [2.45, 2.75) is 25.2 Å². The molecule has 128 valence electrons. The first kappa shape index (κ1) is 19.3. The molecule has 6 nitrogen and oxygen atoms in total. The van der Waals surface area contributed by atoms with E-state index in [9.17, 15) is 13.2 Å². The summed E-state index contributed by atoms with van der Waals surface area (Å²) in [4.78, 5) is 11.7. The third-order valence-electron chi connectivity index (χ3n) is 3.28. The molecule has 0 saturated heterocycles. The van der Waals surface area contributed by atoms with E-state index in [0.717, 1.165) is 5.56 Å². The number of sulfonamides is 1. The second-order valence-corrected chi connectivity index (χ2v) is 6.80. The summed E-state index contributed by atoms with van der Waals surface area (Å²) in [5.41, 5.74) is 0.737. The van der Waals surface area contributed by atoms with Crippen molar-refractivity contribution in [3.63, 3.8) is 0 Å². The summed E-state index contributed by atoms with van der Waals surface area (Å²) in [5.74, 6) is -0.252. The minimum atomic E-state index is -3.46. The molecule has 0 bridgehead atoms. The Balaban J connectivity index is 2.75. The van der Waals surface area contributed by atoms with E-state index >= 15 is 0 Å². The third-order valence-corrected chi connectivity index (χ3v) is 5.35. The monoisotopic (exact) mass is 340 g/mol. The van der Waals surface area contributed by atoms with Crippen molar-refractivity contribution in [3.05, 3.63) is 35.9 Å². The van der Waals surface area contributed by atoms with Gasteiger partial charge in [0, 0.05) is 32.3 Å². The van der Waals surface area contributed by atoms with Crippen molar-refractivity contribution in [1.82, 2.24) is 9.62 Å². The van der Waals surface area contributed by atoms with Gasteiger partial charge in [-0.3, -0.25) is 4.79 Å². The number of aliphatic hydroxyl groups is 1. The number of carbonyl (C=O) groups is 1. The maximum Gasteiger partial charge on any atom is 0.244 e. The molecule has 0 heterocycles. The van der Waals surface area contributed by atoms with Gasteiger partial charge in [-0.2, -0.15) is 4.31 Å². The van der Waals surface area contributed by atoms with Gasteiger partial charge in [0.2, 0.25) is 15.9 Å². The van der Waals surface area contributed by atoms with Crippen LogP contribution in [0.15, 0.2) is 35.2 Å². The van der Waals surface area contributed by atoms with Crippen LogP contribution in [-0.2, 0) is 14.8 Å². The van der Waals surface area contributed by atoms with Crippen molar-refractivity contribution in [2.75, 3.05) is 26.2 Å². The van der Waals surface area contributed by atoms with E-state index < -0.39 is 10.0 Å². The van der Waals surface area contributed by atoms with Crippen molar-refractivity contribution in [2.24, 2.45) is 0 Å². The van der Waals surface area contributed by atoms with Crippen LogP contribution in [-0.4, -0.2) is 50.0 Å². The van der Waals surface area contributed by atoms with Gasteiger partial charge >= 0.3 is 0 Å². The molecule has 1 amide bonds. The van der Waals surface area contributed by atoms with Crippen LogP contribution in [0.1, 0.15) is 25.8 Å². The van der Waals surface area contributed by atoms with E-state index in [0.29, 0.717) is 26.1 Å². The van der Waals surface area contributed by atoms with Gasteiger partial charge in [0.25, 0.3) is 0 Å². The highest BCUT2D eigenvalue weighted by Gasteiger charge is 2.20. The summed E-state index contributed by atoms with van der Waals surface area (Å²) in [6.07, 6.45) is 3.50. The van der Waals surface area contributed by atoms with E-state index in [4.69, 9.17) is 5.11 Å². The predicted molar refractivity (Wildman–Crippen MR) is 90.3 cm³/mol. The summed E-state index contributed by atoms with van der Waals surface area (Å²) >= 11 is 0. The second kappa shape index (κ2) is 9.44. The van der Waals surface area contributed by atoms with Gasteiger partial charge in [-0.25, -0.2) is 8.42 Å². The Morgan fingerprint density at radius 2 is 1.83 bits per heavy atom. The maximum absolute atomic E-state index is 12.3. The van der Waals surface area contributed by atoms with E-state index in [1.165, 1.54) is 22.5 Å². The van der Waals surface area contributed by atoms with E-state index in [2.05, 4.69) is 5.32 Å². The number of amides is 1. The molecule has 0 aliphatic rings. The molecule has 2 N–H and O–H groups in total. The molecule has 0 aliphatic heterocycles. The molecule has 23 heavy (non-hydrogen) atoms. The molecule has 0 spiro atoms. The fourth-order valence-electron chi connectivity index (χ4n) is 1.98. The summed E-state index contributed by atoms with van der Waals surface area (Å²) < 4.78 is 26.1. The van der Waals surface area contributed by atoms with Crippen LogP contribution >= 0.6 is 0 Å². The summed E-state index contributed by atoms with van der Waals surface area (Å²) in [5, 5.41) is 11.3. The molecular formula is C16H24N2O4S. The van der Waals surface area contributed by atoms with Gasteiger partial charge in [0.1, 0.15) is 0 Å². The Hall–Kier alpha value is -1.70. The smallest absolute Gasteiger partial charge is 0.244 e. The number of rotatable bonds is 9. The van der Waals surface area contributed by atoms with Crippen LogP contribution in [0, 0.1) is 0 Å². The Morgan fingerprint density at radius 3 is 2.35 bits per heavy atom. The van der Waals surface area contributed by atoms with Gasteiger partial charge in [-0.15, -0.1) is 0 Å². The number of hydrogen-bond donors (Lipinski definition) is 2. The fourth-order valence-corrected chi connectivity index (χ4v) is 3.44. The topological polar surface area (TPSA) is 86.7 Å². The highest BCUT2D eigenvalue weighted by atomic mass is 32.2. The average molecular weight is 340 g/mol. The quantitative estimate of drug-likeness (QED) is 0.523. The molecule has 0 aliphatic carbocycles. The number of aliphatic hydroxyl groups excluding tert-OH is 1. The molecule has 0 saturated carbocycles. The maximum atomic E-state index is 12.3. The number of nitrogens with zero attached hydrogens (tertiary/aromatic N) is 1. The van der Waals surface area contributed by atoms with Gasteiger partial charge < -0.3 is 10.4 Å². The highest BCUT2D eigenvalue weighted by molar-refractivity contribution is 7.89. The zero-order valence-electron chi connectivity index (χ0n) is 13.5. The van der Waals surface area contributed by atoms with Gasteiger partial charge in [0.15, 0.2) is 0 Å². The number of hydrogen-bond acceptors (Lipinski definition) is 4. The lowest BCUT2D eigenvalue weighted by Crippen LogP contribution is -2.30. The largest absolute Gasteiger partial charge is 0.396 e. The first-order chi connectivity index (χ1) is 11.0. The summed E-state index contributed by atoms with van der Waals surface area (Å²) in [6.45, 7) is 4.90. The average Bonchev–Trinajstić information content (AvgIpc) is 2.54. The van der Waals surface area contributed by atoms with Crippen LogP contribution in [0.4, 0.5) is 0 Å². The van der Waals surface area contributed by atoms with Crippen molar-refractivity contribution < 1.29 is 18.3 Å². The first-order valence-corrected chi connectivity index (χ1v) is 9.06. The van der Waals surface area contributed by atoms with Crippen molar-refractivity contribution >= 4 is 22.0 Å². The Morgan fingerprint density at radius 1 is 1.22 bits per heavy atom. The Bertz CT molecular complexity index is 620. The fraction of sp³-hybridized carbons (Fsp3) is 0.438. The van der Waals surface area contributed by atoms with Crippen molar-refractivity contribution in [1.29, 1.82) is 0 Å². The molecule has 0 radical (unpaired) electrons. The summed E-state index contributed by atoms with van der Waals surface area (Å²) in [6, 6.07) is 6.40. The lowest BCUT2D eigenvalue weighted by molar-refractivity contribution is -0.116. The van der Waals surface area contributed by atoms with Gasteiger partial charge in [-0.1, -0.05) is 26.0 Å². The first-order valence-electron chi connectivity index (χ1n) is 7.62. The minimum absolute atomic E-state index is 0.0342. The minimum Gasteiger partial charge on any atom is -0.396 e. The summed E-state index contributed by atoms with van der Waals surface area (Å²) in [7, 11) is -3.46. The second-order valence-electron chi connectivity index (χ2n) is 4.86. The SMILES string of the molecule is CCN(CC)S(=O)(=O)c1ccc(/C=C/C(=O)NCCCO)cc1. The molecule has 0 unspecified atom stereocenters. The molecular weight excluding hydrogens is 316 g/mol. The van der Waals surface area contributed by atoms with E-state index in [1.807, 2.05) is 0 Å².